The van der Waals surface area contributed by atoms with Crippen molar-refractivity contribution in [2.75, 3.05) is 0 Å². The molecule has 2 N–H and O–H groups in total. The second-order valence-corrected chi connectivity index (χ2v) is 6.94. The second-order valence-electron chi connectivity index (χ2n) is 3.66. The maximum atomic E-state index is 12.3. The maximum absolute atomic E-state index is 12.3. The van der Waals surface area contributed by atoms with Crippen molar-refractivity contribution >= 4 is 18.8 Å². The zero-order valence-electron chi connectivity index (χ0n) is 10.9. The standard InChI is InChI=1S/2C7H7FN.2ClH.Pt/c2*8-7-3-1-2-6(4-7)5-9;;;/h2*1-4,9H,5H2;2*1H;/q2*-1;;;+4/p-2. The van der Waals surface area contributed by atoms with Crippen molar-refractivity contribution in [1.29, 1.82) is 0 Å². The molecule has 0 heterocycles. The number of hydrogen-bond donors (Lipinski definition) is 0. The Morgan fingerprint density at radius 3 is 1.33 bits per heavy atom. The third kappa shape index (κ3) is 10.8. The molecule has 0 aromatic heterocycles. The third-order valence-electron chi connectivity index (χ3n) is 2.19. The first-order valence-corrected chi connectivity index (χ1v) is 11.3. The fraction of sp³-hybridized carbons (Fsp3) is 0.143. The summed E-state index contributed by atoms with van der Waals surface area (Å²) < 4.78 is 24.5. The van der Waals surface area contributed by atoms with Crippen LogP contribution in [0.15, 0.2) is 48.5 Å². The van der Waals surface area contributed by atoms with Crippen LogP contribution in [0.5, 0.6) is 0 Å². The first-order chi connectivity index (χ1) is 10.1. The molecule has 0 radical (unpaired) electrons. The first-order valence-electron chi connectivity index (χ1n) is 5.67. The van der Waals surface area contributed by atoms with Gasteiger partial charge < -0.3 is 11.5 Å². The van der Waals surface area contributed by atoms with Gasteiger partial charge in [-0.05, 0) is 24.3 Å². The van der Waals surface area contributed by atoms with Crippen LogP contribution in [0, 0.1) is 11.6 Å². The molecule has 0 atom stereocenters. The minimum atomic E-state index is -0.472. The fourth-order valence-electron chi connectivity index (χ4n) is 1.29. The fourth-order valence-corrected chi connectivity index (χ4v) is 1.29. The molecular weight excluding hydrogens is 500 g/mol. The van der Waals surface area contributed by atoms with Crippen molar-refractivity contribution in [2.24, 2.45) is 0 Å². The summed E-state index contributed by atoms with van der Waals surface area (Å²) in [6.07, 6.45) is 0. The minimum absolute atomic E-state index is 0.151. The van der Waals surface area contributed by atoms with Crippen molar-refractivity contribution in [2.45, 2.75) is 13.1 Å². The largest absolute Gasteiger partial charge is 0.674 e. The monoisotopic (exact) mass is 513 g/mol. The van der Waals surface area contributed by atoms with Crippen LogP contribution in [-0.4, -0.2) is 0 Å². The van der Waals surface area contributed by atoms with E-state index in [0.29, 0.717) is 0 Å². The van der Waals surface area contributed by atoms with Gasteiger partial charge in [-0.2, -0.15) is 0 Å². The minimum Gasteiger partial charge on any atom is -0.674 e. The Hall–Kier alpha value is -0.512. The van der Waals surface area contributed by atoms with Gasteiger partial charge in [0.2, 0.25) is 0 Å². The molecule has 2 rings (SSSR count). The number of hydrogen-bond acceptors (Lipinski definition) is 0. The Balaban J connectivity index is 0.000000322. The van der Waals surface area contributed by atoms with Crippen LogP contribution in [0.25, 0.3) is 11.5 Å². The Kier molecular flexibility index (Phi) is 12.9. The number of halogens is 4. The predicted molar refractivity (Wildman–Crippen MR) is 80.6 cm³/mol. The summed E-state index contributed by atoms with van der Waals surface area (Å²) in [5, 5.41) is 0. The molecule has 0 bridgehead atoms. The van der Waals surface area contributed by atoms with E-state index in [1.165, 1.54) is 24.3 Å². The van der Waals surface area contributed by atoms with Gasteiger partial charge in [-0.25, -0.2) is 8.78 Å². The van der Waals surface area contributed by atoms with Crippen LogP contribution in [0.2, 0.25) is 0 Å². The van der Waals surface area contributed by atoms with E-state index in [1.54, 1.807) is 24.3 Å². The molecule has 21 heavy (non-hydrogen) atoms. The van der Waals surface area contributed by atoms with Crippen LogP contribution >= 0.6 is 18.8 Å². The van der Waals surface area contributed by atoms with Gasteiger partial charge >= 0.3 is 35.3 Å². The van der Waals surface area contributed by atoms with E-state index < -0.39 is 16.5 Å². The van der Waals surface area contributed by atoms with E-state index in [-0.39, 0.29) is 24.7 Å². The zero-order valence-corrected chi connectivity index (χ0v) is 14.6. The molecule has 0 fully saturated rings. The molecule has 7 heteroatoms. The van der Waals surface area contributed by atoms with E-state index in [1.807, 2.05) is 0 Å². The average Bonchev–Trinajstić information content (AvgIpc) is 2.48. The topological polar surface area (TPSA) is 47.6 Å². The molecule has 0 saturated heterocycles. The number of benzene rings is 2. The molecule has 0 aliphatic carbocycles. The molecule has 0 spiro atoms. The number of rotatable bonds is 2. The summed E-state index contributed by atoms with van der Waals surface area (Å²) in [6.45, 7) is 0.301. The summed E-state index contributed by atoms with van der Waals surface area (Å²) in [6, 6.07) is 12.2. The van der Waals surface area contributed by atoms with Crippen LogP contribution in [0.1, 0.15) is 11.1 Å². The van der Waals surface area contributed by atoms with Gasteiger partial charge in [-0.15, -0.1) is 13.1 Å². The smallest absolute Gasteiger partial charge is 0.123 e. The van der Waals surface area contributed by atoms with Gasteiger partial charge in [-0.1, -0.05) is 35.4 Å². The van der Waals surface area contributed by atoms with Gasteiger partial charge in [0.25, 0.3) is 0 Å². The Bertz CT molecular complexity index is 470. The SMILES string of the molecule is [Cl][Pt+2][Cl].[NH-]Cc1cccc(F)c1.[NH-]Cc1cccc(F)c1. The van der Waals surface area contributed by atoms with Crippen molar-refractivity contribution in [3.8, 4) is 0 Å². The summed E-state index contributed by atoms with van der Waals surface area (Å²) in [5.74, 6) is -0.528. The molecule has 118 valence electrons. The van der Waals surface area contributed by atoms with Gasteiger partial charge in [-0.3, -0.25) is 0 Å². The maximum Gasteiger partial charge on any atom is 0.123 e. The molecular formula is C14H14Cl2F2N2Pt. The van der Waals surface area contributed by atoms with E-state index in [0.717, 1.165) is 11.1 Å². The Morgan fingerprint density at radius 2 is 1.14 bits per heavy atom. The quantitative estimate of drug-likeness (QED) is 0.463. The van der Waals surface area contributed by atoms with Crippen LogP contribution in [0.3, 0.4) is 0 Å². The van der Waals surface area contributed by atoms with E-state index in [2.05, 4.69) is 0 Å². The van der Waals surface area contributed by atoms with Crippen molar-refractivity contribution in [3.05, 3.63) is 82.8 Å². The molecule has 0 amide bonds. The summed E-state index contributed by atoms with van der Waals surface area (Å²) in [5.41, 5.74) is 15.2. The first kappa shape index (κ1) is 20.5. The van der Waals surface area contributed by atoms with E-state index in [4.69, 9.17) is 30.3 Å². The van der Waals surface area contributed by atoms with E-state index in [9.17, 15) is 8.78 Å². The Labute approximate surface area is 139 Å². The molecule has 2 nitrogen and oxygen atoms in total. The van der Waals surface area contributed by atoms with Gasteiger partial charge in [0.05, 0.1) is 0 Å². The molecule has 2 aromatic carbocycles. The summed E-state index contributed by atoms with van der Waals surface area (Å²) >= 11 is -0.472. The summed E-state index contributed by atoms with van der Waals surface area (Å²) in [4.78, 5) is 0. The Morgan fingerprint density at radius 1 is 0.810 bits per heavy atom. The normalized spacial score (nSPS) is 9.24. The predicted octanol–water partition coefficient (Wildman–Crippen LogP) is 6.13. The van der Waals surface area contributed by atoms with Crippen LogP contribution in [0.4, 0.5) is 8.78 Å². The van der Waals surface area contributed by atoms with Crippen LogP contribution < -0.4 is 0 Å². The molecule has 0 aliphatic rings. The average molecular weight is 514 g/mol. The second kappa shape index (κ2) is 13.2. The third-order valence-corrected chi connectivity index (χ3v) is 2.19. The van der Waals surface area contributed by atoms with Crippen molar-refractivity contribution < 1.29 is 25.3 Å². The van der Waals surface area contributed by atoms with Gasteiger partial charge in [0.15, 0.2) is 0 Å². The zero-order chi connectivity index (χ0) is 16.1. The van der Waals surface area contributed by atoms with Crippen molar-refractivity contribution in [3.63, 3.8) is 0 Å². The number of nitrogens with one attached hydrogen (secondary N) is 2. The molecule has 2 aromatic rings. The van der Waals surface area contributed by atoms with Crippen LogP contribution in [-0.2, 0) is 29.6 Å². The van der Waals surface area contributed by atoms with E-state index >= 15 is 0 Å². The van der Waals surface area contributed by atoms with Crippen molar-refractivity contribution in [1.82, 2.24) is 0 Å². The summed E-state index contributed by atoms with van der Waals surface area (Å²) in [7, 11) is 9.75. The van der Waals surface area contributed by atoms with Gasteiger partial charge in [0.1, 0.15) is 11.6 Å². The molecule has 0 saturated carbocycles. The molecule has 0 unspecified atom stereocenters. The van der Waals surface area contributed by atoms with Gasteiger partial charge in [0, 0.05) is 0 Å². The molecule has 0 aliphatic heterocycles.